The van der Waals surface area contributed by atoms with E-state index in [4.69, 9.17) is 0 Å². The summed E-state index contributed by atoms with van der Waals surface area (Å²) in [5, 5.41) is 12.2. The number of amides is 2. The largest absolute Gasteiger partial charge is 0.481 e. The highest BCUT2D eigenvalue weighted by molar-refractivity contribution is 5.79. The molecule has 6 heteroatoms. The molecule has 2 amide bonds. The Morgan fingerprint density at radius 2 is 1.95 bits per heavy atom. The molecule has 0 bridgehead atoms. The van der Waals surface area contributed by atoms with Crippen molar-refractivity contribution in [3.05, 3.63) is 0 Å². The molecule has 0 aromatic rings. The fraction of sp³-hybridized carbons (Fsp3) is 0.857. The van der Waals surface area contributed by atoms with E-state index in [9.17, 15) is 14.7 Å². The van der Waals surface area contributed by atoms with E-state index in [1.54, 1.807) is 4.90 Å². The van der Waals surface area contributed by atoms with Gasteiger partial charge in [-0.1, -0.05) is 20.8 Å². The maximum absolute atomic E-state index is 12.0. The van der Waals surface area contributed by atoms with Crippen LogP contribution in [0.15, 0.2) is 0 Å². The highest BCUT2D eigenvalue weighted by Crippen LogP contribution is 2.34. The molecule has 0 saturated carbocycles. The van der Waals surface area contributed by atoms with Gasteiger partial charge in [0.1, 0.15) is 0 Å². The fourth-order valence-electron chi connectivity index (χ4n) is 2.63. The summed E-state index contributed by atoms with van der Waals surface area (Å²) in [4.78, 5) is 27.2. The van der Waals surface area contributed by atoms with Crippen LogP contribution >= 0.6 is 0 Å². The van der Waals surface area contributed by atoms with E-state index in [2.05, 4.69) is 24.1 Å². The lowest BCUT2D eigenvalue weighted by Crippen LogP contribution is -2.44. The van der Waals surface area contributed by atoms with Crippen LogP contribution in [0.3, 0.4) is 0 Å². The molecule has 1 unspecified atom stereocenters. The third kappa shape index (κ3) is 3.85. The van der Waals surface area contributed by atoms with Crippen molar-refractivity contribution < 1.29 is 14.7 Å². The summed E-state index contributed by atoms with van der Waals surface area (Å²) in [5.74, 6) is -0.793. The summed E-state index contributed by atoms with van der Waals surface area (Å²) in [5.41, 5.74) is -0.754. The lowest BCUT2D eigenvalue weighted by Gasteiger charge is -2.24. The van der Waals surface area contributed by atoms with Gasteiger partial charge in [0.25, 0.3) is 0 Å². The molecule has 0 aliphatic carbocycles. The average molecular weight is 285 g/mol. The van der Waals surface area contributed by atoms with E-state index in [0.717, 1.165) is 19.6 Å². The average Bonchev–Trinajstić information content (AvgIpc) is 2.89. The molecule has 1 saturated heterocycles. The molecule has 0 radical (unpaired) electrons. The van der Waals surface area contributed by atoms with Crippen molar-refractivity contribution in [1.82, 2.24) is 15.1 Å². The minimum atomic E-state index is -0.793. The summed E-state index contributed by atoms with van der Waals surface area (Å²) in [6, 6.07) is -0.145. The van der Waals surface area contributed by atoms with Crippen LogP contribution in [0.4, 0.5) is 4.79 Å². The maximum Gasteiger partial charge on any atom is 0.317 e. The quantitative estimate of drug-likeness (QED) is 0.738. The number of carboxylic acid groups (broad SMARTS) is 1. The molecule has 2 N–H and O–H groups in total. The van der Waals surface area contributed by atoms with Crippen LogP contribution in [0.2, 0.25) is 0 Å². The van der Waals surface area contributed by atoms with Crippen molar-refractivity contribution in [2.24, 2.45) is 5.41 Å². The predicted octanol–water partition coefficient (Wildman–Crippen LogP) is 1.22. The van der Waals surface area contributed by atoms with Crippen molar-refractivity contribution in [2.75, 3.05) is 39.3 Å². The fourth-order valence-corrected chi connectivity index (χ4v) is 2.63. The number of rotatable bonds is 7. The first-order chi connectivity index (χ1) is 9.49. The molecule has 1 aliphatic rings. The Bertz CT molecular complexity index is 345. The van der Waals surface area contributed by atoms with Gasteiger partial charge in [0, 0.05) is 26.2 Å². The number of hydrogen-bond donors (Lipinski definition) is 2. The van der Waals surface area contributed by atoms with E-state index in [-0.39, 0.29) is 6.03 Å². The smallest absolute Gasteiger partial charge is 0.317 e. The lowest BCUT2D eigenvalue weighted by atomic mass is 9.84. The van der Waals surface area contributed by atoms with Gasteiger partial charge in [-0.05, 0) is 25.9 Å². The summed E-state index contributed by atoms with van der Waals surface area (Å²) in [6.07, 6.45) is 1.11. The SMILES string of the molecule is CCN(CC)CCNC(=O)N1CCC(CC)(C(=O)O)C1. The highest BCUT2D eigenvalue weighted by Gasteiger charge is 2.44. The van der Waals surface area contributed by atoms with Gasteiger partial charge in [-0.15, -0.1) is 0 Å². The van der Waals surface area contributed by atoms with Gasteiger partial charge in [0.15, 0.2) is 0 Å². The minimum absolute atomic E-state index is 0.145. The first kappa shape index (κ1) is 16.8. The van der Waals surface area contributed by atoms with Crippen LogP contribution in [0, 0.1) is 5.41 Å². The number of carboxylic acids is 1. The number of carbonyl (C=O) groups excluding carboxylic acids is 1. The molecule has 1 rings (SSSR count). The Kier molecular flexibility index (Phi) is 6.26. The van der Waals surface area contributed by atoms with Crippen molar-refractivity contribution in [3.8, 4) is 0 Å². The number of nitrogens with zero attached hydrogens (tertiary/aromatic N) is 2. The molecule has 6 nitrogen and oxygen atoms in total. The van der Waals surface area contributed by atoms with E-state index >= 15 is 0 Å². The topological polar surface area (TPSA) is 72.9 Å². The highest BCUT2D eigenvalue weighted by atomic mass is 16.4. The third-order valence-electron chi connectivity index (χ3n) is 4.37. The number of hydrogen-bond acceptors (Lipinski definition) is 3. The van der Waals surface area contributed by atoms with E-state index in [1.807, 2.05) is 6.92 Å². The Morgan fingerprint density at radius 3 is 2.40 bits per heavy atom. The van der Waals surface area contributed by atoms with Gasteiger partial charge >= 0.3 is 12.0 Å². The number of likely N-dealkylation sites (tertiary alicyclic amines) is 1. The summed E-state index contributed by atoms with van der Waals surface area (Å²) >= 11 is 0. The number of likely N-dealkylation sites (N-methyl/N-ethyl adjacent to an activating group) is 1. The minimum Gasteiger partial charge on any atom is -0.481 e. The van der Waals surface area contributed by atoms with Gasteiger partial charge in [0.05, 0.1) is 5.41 Å². The molecule has 1 heterocycles. The van der Waals surface area contributed by atoms with Gasteiger partial charge in [-0.25, -0.2) is 4.79 Å². The van der Waals surface area contributed by atoms with Gasteiger partial charge < -0.3 is 20.2 Å². The first-order valence-electron chi connectivity index (χ1n) is 7.47. The van der Waals surface area contributed by atoms with Crippen LogP contribution in [-0.2, 0) is 4.79 Å². The van der Waals surface area contributed by atoms with Crippen molar-refractivity contribution in [3.63, 3.8) is 0 Å². The zero-order valence-corrected chi connectivity index (χ0v) is 12.8. The number of nitrogens with one attached hydrogen (secondary N) is 1. The molecule has 1 fully saturated rings. The number of carbonyl (C=O) groups is 2. The molecule has 0 aromatic carbocycles. The molecule has 20 heavy (non-hydrogen) atoms. The summed E-state index contributed by atoms with van der Waals surface area (Å²) < 4.78 is 0. The molecule has 0 spiro atoms. The van der Waals surface area contributed by atoms with Crippen LogP contribution < -0.4 is 5.32 Å². The molecule has 1 atom stereocenters. The first-order valence-corrected chi connectivity index (χ1v) is 7.47. The van der Waals surface area contributed by atoms with Crippen LogP contribution in [0.1, 0.15) is 33.6 Å². The second-order valence-electron chi connectivity index (χ2n) is 5.37. The zero-order chi connectivity index (χ0) is 15.2. The molecular formula is C14H27N3O3. The normalized spacial score (nSPS) is 22.3. The number of urea groups is 1. The van der Waals surface area contributed by atoms with Crippen LogP contribution in [-0.4, -0.2) is 66.2 Å². The predicted molar refractivity (Wildman–Crippen MR) is 77.7 cm³/mol. The number of aliphatic carboxylic acids is 1. The van der Waals surface area contributed by atoms with Crippen LogP contribution in [0.25, 0.3) is 0 Å². The maximum atomic E-state index is 12.0. The molecular weight excluding hydrogens is 258 g/mol. The second kappa shape index (κ2) is 7.47. The monoisotopic (exact) mass is 285 g/mol. The Morgan fingerprint density at radius 1 is 1.30 bits per heavy atom. The lowest BCUT2D eigenvalue weighted by molar-refractivity contribution is -0.148. The Hall–Kier alpha value is -1.30. The summed E-state index contributed by atoms with van der Waals surface area (Å²) in [6.45, 7) is 10.3. The molecule has 116 valence electrons. The van der Waals surface area contributed by atoms with Gasteiger partial charge in [0.2, 0.25) is 0 Å². The second-order valence-corrected chi connectivity index (χ2v) is 5.37. The summed E-state index contributed by atoms with van der Waals surface area (Å²) in [7, 11) is 0. The van der Waals surface area contributed by atoms with Crippen molar-refractivity contribution >= 4 is 12.0 Å². The van der Waals surface area contributed by atoms with Gasteiger partial charge in [-0.2, -0.15) is 0 Å². The Balaban J connectivity index is 2.41. The zero-order valence-electron chi connectivity index (χ0n) is 12.8. The molecule has 0 aromatic heterocycles. The van der Waals surface area contributed by atoms with Crippen molar-refractivity contribution in [2.45, 2.75) is 33.6 Å². The third-order valence-corrected chi connectivity index (χ3v) is 4.37. The van der Waals surface area contributed by atoms with Crippen molar-refractivity contribution in [1.29, 1.82) is 0 Å². The van der Waals surface area contributed by atoms with Crippen LogP contribution in [0.5, 0.6) is 0 Å². The van der Waals surface area contributed by atoms with Gasteiger partial charge in [-0.3, -0.25) is 4.79 Å². The standard InChI is InChI=1S/C14H27N3O3/c1-4-14(12(18)19)7-9-17(11-14)13(20)15-8-10-16(5-2)6-3/h4-11H2,1-3H3,(H,15,20)(H,18,19). The molecule has 1 aliphatic heterocycles. The van der Waals surface area contributed by atoms with E-state index in [0.29, 0.717) is 32.5 Å². The van der Waals surface area contributed by atoms with E-state index in [1.165, 1.54) is 0 Å². The van der Waals surface area contributed by atoms with E-state index < -0.39 is 11.4 Å². The Labute approximate surface area is 121 Å².